The quantitative estimate of drug-likeness (QED) is 0.525. The molecule has 0 aromatic heterocycles. The zero-order chi connectivity index (χ0) is 22.1. The molecule has 0 heterocycles. The minimum Gasteiger partial charge on any atom is -0.456 e. The van der Waals surface area contributed by atoms with Crippen molar-refractivity contribution in [3.8, 4) is 0 Å². The van der Waals surface area contributed by atoms with E-state index in [1.165, 1.54) is 0 Å². The predicted molar refractivity (Wildman–Crippen MR) is 119 cm³/mol. The molecule has 0 unspecified atom stereocenters. The number of anilines is 2. The Morgan fingerprint density at radius 2 is 1.50 bits per heavy atom. The van der Waals surface area contributed by atoms with Crippen LogP contribution in [0.5, 0.6) is 0 Å². The Kier molecular flexibility index (Phi) is 9.15. The van der Waals surface area contributed by atoms with Crippen LogP contribution in [0.1, 0.15) is 37.8 Å². The number of nitrogens with one attached hydrogen (secondary N) is 2. The van der Waals surface area contributed by atoms with Crippen molar-refractivity contribution in [2.75, 3.05) is 17.2 Å². The zero-order valence-corrected chi connectivity index (χ0v) is 18.4. The molecule has 2 aromatic rings. The number of hydrogen-bond donors (Lipinski definition) is 2. The molecular weight excluding hydrogens is 427 g/mol. The summed E-state index contributed by atoms with van der Waals surface area (Å²) in [5.41, 5.74) is 3.17. The van der Waals surface area contributed by atoms with Gasteiger partial charge in [-0.2, -0.15) is 0 Å². The predicted octanol–water partition coefficient (Wildman–Crippen LogP) is 5.02. The molecule has 0 saturated heterocycles. The van der Waals surface area contributed by atoms with Crippen molar-refractivity contribution in [1.29, 1.82) is 0 Å². The van der Waals surface area contributed by atoms with Crippen LogP contribution in [-0.2, 0) is 32.0 Å². The molecule has 2 N–H and O–H groups in total. The fraction of sp³-hybridized carbons (Fsp3) is 0.318. The van der Waals surface area contributed by atoms with Crippen LogP contribution in [-0.4, -0.2) is 24.4 Å². The largest absolute Gasteiger partial charge is 0.456 e. The Morgan fingerprint density at radius 3 is 2.13 bits per heavy atom. The van der Waals surface area contributed by atoms with Crippen LogP contribution in [0, 0.1) is 0 Å². The van der Waals surface area contributed by atoms with Gasteiger partial charge in [0.2, 0.25) is 5.91 Å². The molecule has 0 fully saturated rings. The summed E-state index contributed by atoms with van der Waals surface area (Å²) in [7, 11) is 0. The molecule has 2 rings (SSSR count). The van der Waals surface area contributed by atoms with Gasteiger partial charge in [0.1, 0.15) is 0 Å². The molecule has 30 heavy (non-hydrogen) atoms. The molecular formula is C22H24Cl2N2O4. The maximum absolute atomic E-state index is 12.2. The van der Waals surface area contributed by atoms with E-state index in [9.17, 15) is 14.4 Å². The van der Waals surface area contributed by atoms with E-state index in [4.69, 9.17) is 27.9 Å². The zero-order valence-electron chi connectivity index (χ0n) is 16.9. The third kappa shape index (κ3) is 6.75. The number of hydrogen-bond acceptors (Lipinski definition) is 4. The van der Waals surface area contributed by atoms with Crippen molar-refractivity contribution in [2.24, 2.45) is 0 Å². The number of rotatable bonds is 9. The monoisotopic (exact) mass is 450 g/mol. The number of para-hydroxylation sites is 1. The van der Waals surface area contributed by atoms with Gasteiger partial charge >= 0.3 is 5.97 Å². The molecule has 0 saturated carbocycles. The number of ether oxygens (including phenoxy) is 1. The Hall–Kier alpha value is -2.57. The van der Waals surface area contributed by atoms with Gasteiger partial charge < -0.3 is 15.4 Å². The van der Waals surface area contributed by atoms with E-state index in [0.29, 0.717) is 10.7 Å². The number of aryl methyl sites for hydroxylation is 2. The summed E-state index contributed by atoms with van der Waals surface area (Å²) in [6.45, 7) is 3.60. The Morgan fingerprint density at radius 1 is 0.867 bits per heavy atom. The van der Waals surface area contributed by atoms with Crippen LogP contribution in [0.4, 0.5) is 11.4 Å². The Balaban J connectivity index is 1.80. The molecule has 0 radical (unpaired) electrons. The molecule has 160 valence electrons. The number of benzene rings is 2. The fourth-order valence-electron chi connectivity index (χ4n) is 2.83. The molecule has 2 aromatic carbocycles. The highest BCUT2D eigenvalue weighted by Crippen LogP contribution is 2.29. The van der Waals surface area contributed by atoms with Crippen LogP contribution in [0.25, 0.3) is 0 Å². The Bertz CT molecular complexity index is 909. The third-order valence-corrected chi connectivity index (χ3v) is 5.23. The first-order valence-corrected chi connectivity index (χ1v) is 10.4. The molecule has 0 bridgehead atoms. The second-order valence-electron chi connectivity index (χ2n) is 6.52. The summed E-state index contributed by atoms with van der Waals surface area (Å²) < 4.78 is 4.99. The van der Waals surface area contributed by atoms with Crippen molar-refractivity contribution < 1.29 is 19.1 Å². The van der Waals surface area contributed by atoms with Gasteiger partial charge in [0.15, 0.2) is 6.61 Å². The van der Waals surface area contributed by atoms with Gasteiger partial charge in [-0.15, -0.1) is 0 Å². The number of amides is 2. The van der Waals surface area contributed by atoms with Gasteiger partial charge in [0.25, 0.3) is 5.91 Å². The van der Waals surface area contributed by atoms with E-state index in [-0.39, 0.29) is 17.9 Å². The SMILES string of the molecule is CCc1cccc(CC)c1NC(=O)COC(=O)CCC(=O)Nc1cccc(Cl)c1Cl. The fourth-order valence-corrected chi connectivity index (χ4v) is 3.17. The van der Waals surface area contributed by atoms with Crippen LogP contribution in [0.2, 0.25) is 10.0 Å². The van der Waals surface area contributed by atoms with Gasteiger partial charge in [0, 0.05) is 12.1 Å². The highest BCUT2D eigenvalue weighted by atomic mass is 35.5. The maximum Gasteiger partial charge on any atom is 0.306 e. The molecule has 0 spiro atoms. The van der Waals surface area contributed by atoms with Crippen molar-refractivity contribution in [3.05, 3.63) is 57.6 Å². The van der Waals surface area contributed by atoms with E-state index < -0.39 is 24.4 Å². The van der Waals surface area contributed by atoms with Crippen molar-refractivity contribution >= 4 is 52.4 Å². The topological polar surface area (TPSA) is 84.5 Å². The van der Waals surface area contributed by atoms with Crippen LogP contribution in [0.3, 0.4) is 0 Å². The van der Waals surface area contributed by atoms with Crippen LogP contribution in [0.15, 0.2) is 36.4 Å². The summed E-state index contributed by atoms with van der Waals surface area (Å²) in [6.07, 6.45) is 1.27. The second-order valence-corrected chi connectivity index (χ2v) is 7.30. The van der Waals surface area contributed by atoms with Gasteiger partial charge in [0.05, 0.1) is 22.2 Å². The first-order chi connectivity index (χ1) is 14.3. The molecule has 8 heteroatoms. The summed E-state index contributed by atoms with van der Waals surface area (Å²) >= 11 is 11.9. The smallest absolute Gasteiger partial charge is 0.306 e. The first-order valence-electron chi connectivity index (χ1n) is 9.65. The van der Waals surface area contributed by atoms with Crippen molar-refractivity contribution in [1.82, 2.24) is 0 Å². The average Bonchev–Trinajstić information content (AvgIpc) is 2.74. The van der Waals surface area contributed by atoms with Gasteiger partial charge in [-0.25, -0.2) is 0 Å². The lowest BCUT2D eigenvalue weighted by molar-refractivity contribution is -0.147. The molecule has 0 aliphatic heterocycles. The van der Waals surface area contributed by atoms with Crippen molar-refractivity contribution in [3.63, 3.8) is 0 Å². The molecule has 2 amide bonds. The molecule has 6 nitrogen and oxygen atoms in total. The first kappa shape index (κ1) is 23.7. The number of carbonyl (C=O) groups is 3. The summed E-state index contributed by atoms with van der Waals surface area (Å²) in [6, 6.07) is 10.7. The number of halogens is 2. The van der Waals surface area contributed by atoms with Gasteiger partial charge in [-0.05, 0) is 36.1 Å². The maximum atomic E-state index is 12.2. The highest BCUT2D eigenvalue weighted by molar-refractivity contribution is 6.44. The minimum atomic E-state index is -0.642. The molecule has 0 aliphatic rings. The number of carbonyl (C=O) groups excluding carboxylic acids is 3. The normalized spacial score (nSPS) is 10.4. The van der Waals surface area contributed by atoms with E-state index in [0.717, 1.165) is 29.7 Å². The van der Waals surface area contributed by atoms with Crippen LogP contribution >= 0.6 is 23.2 Å². The van der Waals surface area contributed by atoms with E-state index >= 15 is 0 Å². The number of esters is 1. The molecule has 0 atom stereocenters. The Labute approximate surface area is 185 Å². The van der Waals surface area contributed by atoms with Gasteiger partial charge in [-0.1, -0.05) is 61.3 Å². The lowest BCUT2D eigenvalue weighted by Gasteiger charge is -2.14. The second kappa shape index (κ2) is 11.6. The van der Waals surface area contributed by atoms with Gasteiger partial charge in [-0.3, -0.25) is 14.4 Å². The third-order valence-electron chi connectivity index (χ3n) is 4.41. The van der Waals surface area contributed by atoms with Crippen LogP contribution < -0.4 is 10.6 Å². The summed E-state index contributed by atoms with van der Waals surface area (Å²) in [4.78, 5) is 36.1. The standard InChI is InChI=1S/C22H24Cl2N2O4/c1-3-14-7-5-8-15(4-2)22(14)26-19(28)13-30-20(29)12-11-18(27)25-17-10-6-9-16(23)21(17)24/h5-10H,3-4,11-13H2,1-2H3,(H,25,27)(H,26,28). The lowest BCUT2D eigenvalue weighted by atomic mass is 10.0. The molecule has 0 aliphatic carbocycles. The van der Waals surface area contributed by atoms with E-state index in [2.05, 4.69) is 10.6 Å². The average molecular weight is 451 g/mol. The summed E-state index contributed by atoms with van der Waals surface area (Å²) in [5.74, 6) is -1.48. The lowest BCUT2D eigenvalue weighted by Crippen LogP contribution is -2.23. The highest BCUT2D eigenvalue weighted by Gasteiger charge is 2.14. The van der Waals surface area contributed by atoms with Crippen molar-refractivity contribution in [2.45, 2.75) is 39.5 Å². The van der Waals surface area contributed by atoms with E-state index in [1.807, 2.05) is 32.0 Å². The minimum absolute atomic E-state index is 0.109. The van der Waals surface area contributed by atoms with E-state index in [1.54, 1.807) is 18.2 Å². The summed E-state index contributed by atoms with van der Waals surface area (Å²) in [5, 5.41) is 5.95.